The van der Waals surface area contributed by atoms with Crippen LogP contribution in [0, 0.1) is 13.8 Å². The van der Waals surface area contributed by atoms with Gasteiger partial charge in [0.15, 0.2) is 0 Å². The average Bonchev–Trinajstić information content (AvgIpc) is 2.98. The molecule has 6 heteroatoms. The molecule has 0 saturated heterocycles. The molecule has 5 nitrogen and oxygen atoms in total. The van der Waals surface area contributed by atoms with Gasteiger partial charge in [0.25, 0.3) is 0 Å². The zero-order valence-electron chi connectivity index (χ0n) is 13.1. The number of benzene rings is 1. The van der Waals surface area contributed by atoms with Gasteiger partial charge < -0.3 is 14.8 Å². The van der Waals surface area contributed by atoms with E-state index in [9.17, 15) is 9.59 Å². The van der Waals surface area contributed by atoms with Crippen molar-refractivity contribution in [2.24, 2.45) is 0 Å². The Balaban J connectivity index is 1.94. The molecule has 0 spiro atoms. The molecule has 23 heavy (non-hydrogen) atoms. The topological polar surface area (TPSA) is 64.6 Å². The molecule has 1 aromatic heterocycles. The molecule has 3 rings (SSSR count). The van der Waals surface area contributed by atoms with Gasteiger partial charge in [-0.2, -0.15) is 0 Å². The summed E-state index contributed by atoms with van der Waals surface area (Å²) in [6, 6.07) is 7.23. The highest BCUT2D eigenvalue weighted by atomic mass is 32.1. The second kappa shape index (κ2) is 6.04. The van der Waals surface area contributed by atoms with Crippen LogP contribution in [0.25, 0.3) is 0 Å². The fourth-order valence-corrected chi connectivity index (χ4v) is 3.62. The molecular weight excluding hydrogens is 314 g/mol. The average molecular weight is 331 g/mol. The quantitative estimate of drug-likeness (QED) is 0.863. The number of carbonyl (C=O) groups excluding carboxylic acids is 2. The van der Waals surface area contributed by atoms with E-state index >= 15 is 0 Å². The van der Waals surface area contributed by atoms with Gasteiger partial charge in [0.2, 0.25) is 6.23 Å². The van der Waals surface area contributed by atoms with Gasteiger partial charge in [0.05, 0.1) is 17.7 Å². The zero-order chi connectivity index (χ0) is 16.6. The Kier molecular flexibility index (Phi) is 4.09. The summed E-state index contributed by atoms with van der Waals surface area (Å²) in [5, 5.41) is 3.83. The van der Waals surface area contributed by atoms with Crippen LogP contribution in [0.3, 0.4) is 0 Å². The second-order valence-electron chi connectivity index (χ2n) is 5.22. The minimum atomic E-state index is -0.593. The minimum Gasteiger partial charge on any atom is -0.462 e. The van der Waals surface area contributed by atoms with Crippen LogP contribution in [0.4, 0.5) is 5.00 Å². The lowest BCUT2D eigenvalue weighted by molar-refractivity contribution is 0.0437. The van der Waals surface area contributed by atoms with Gasteiger partial charge in [-0.25, -0.2) is 9.59 Å². The predicted octanol–water partition coefficient (Wildman–Crippen LogP) is 3.82. The monoisotopic (exact) mass is 331 g/mol. The number of hydrogen-bond donors (Lipinski definition) is 1. The number of rotatable bonds is 4. The molecule has 1 atom stereocenters. The first kappa shape index (κ1) is 15.6. The Hall–Kier alpha value is -2.34. The molecule has 0 saturated carbocycles. The number of aryl methyl sites for hydroxylation is 1. The normalized spacial score (nSPS) is 16.0. The lowest BCUT2D eigenvalue weighted by atomic mass is 10.1. The zero-order valence-corrected chi connectivity index (χ0v) is 14.0. The van der Waals surface area contributed by atoms with Crippen molar-refractivity contribution in [3.05, 3.63) is 51.4 Å². The van der Waals surface area contributed by atoms with E-state index in [-0.39, 0.29) is 11.9 Å². The molecule has 1 unspecified atom stereocenters. The van der Waals surface area contributed by atoms with Crippen LogP contribution in [0.2, 0.25) is 0 Å². The van der Waals surface area contributed by atoms with Crippen molar-refractivity contribution < 1.29 is 19.1 Å². The van der Waals surface area contributed by atoms with Gasteiger partial charge in [0.1, 0.15) is 5.00 Å². The number of hydrogen-bond acceptors (Lipinski definition) is 6. The van der Waals surface area contributed by atoms with Crippen molar-refractivity contribution in [3.8, 4) is 0 Å². The van der Waals surface area contributed by atoms with Crippen LogP contribution in [0.5, 0.6) is 0 Å². The fraction of sp³-hybridized carbons (Fsp3) is 0.294. The molecular formula is C17H17NO4S. The predicted molar refractivity (Wildman–Crippen MR) is 88.0 cm³/mol. The van der Waals surface area contributed by atoms with E-state index in [1.54, 1.807) is 19.1 Å². The second-order valence-corrected chi connectivity index (χ2v) is 6.45. The van der Waals surface area contributed by atoms with E-state index < -0.39 is 6.23 Å². The number of ether oxygens (including phenoxy) is 2. The van der Waals surface area contributed by atoms with E-state index in [4.69, 9.17) is 9.47 Å². The molecule has 1 aliphatic heterocycles. The Morgan fingerprint density at radius 3 is 2.83 bits per heavy atom. The Bertz CT molecular complexity index is 781. The lowest BCUT2D eigenvalue weighted by Crippen LogP contribution is -2.13. The lowest BCUT2D eigenvalue weighted by Gasteiger charge is -2.14. The Morgan fingerprint density at radius 2 is 2.09 bits per heavy atom. The van der Waals surface area contributed by atoms with Crippen molar-refractivity contribution >= 4 is 28.3 Å². The molecule has 0 bridgehead atoms. The summed E-state index contributed by atoms with van der Waals surface area (Å²) in [6.45, 7) is 5.92. The molecule has 0 amide bonds. The SMILES string of the molecule is CCOC(=O)c1c(NC2OC(=O)c3ccccc32)sc(C)c1C. The van der Waals surface area contributed by atoms with Crippen molar-refractivity contribution in [3.63, 3.8) is 0 Å². The van der Waals surface area contributed by atoms with E-state index in [1.165, 1.54) is 11.3 Å². The molecule has 1 aromatic carbocycles. The first-order valence-electron chi connectivity index (χ1n) is 7.36. The number of fused-ring (bicyclic) bond motifs is 1. The van der Waals surface area contributed by atoms with Crippen molar-refractivity contribution in [1.82, 2.24) is 0 Å². The molecule has 2 aromatic rings. The van der Waals surface area contributed by atoms with Gasteiger partial charge in [-0.15, -0.1) is 11.3 Å². The van der Waals surface area contributed by atoms with Gasteiger partial charge in [-0.05, 0) is 32.4 Å². The fourth-order valence-electron chi connectivity index (χ4n) is 2.55. The number of anilines is 1. The number of nitrogens with one attached hydrogen (secondary N) is 1. The Morgan fingerprint density at radius 1 is 1.35 bits per heavy atom. The van der Waals surface area contributed by atoms with Crippen LogP contribution in [-0.4, -0.2) is 18.5 Å². The van der Waals surface area contributed by atoms with Crippen LogP contribution >= 0.6 is 11.3 Å². The standard InChI is InChI=1S/C17H17NO4S/c1-4-21-17(20)13-9(2)10(3)23-15(13)18-14-11-7-5-6-8-12(11)16(19)22-14/h5-8,14,18H,4H2,1-3H3. The Labute approximate surface area is 138 Å². The molecule has 2 heterocycles. The highest BCUT2D eigenvalue weighted by molar-refractivity contribution is 7.16. The first-order chi connectivity index (χ1) is 11.0. The summed E-state index contributed by atoms with van der Waals surface area (Å²) < 4.78 is 10.5. The smallest absolute Gasteiger partial charge is 0.341 e. The van der Waals surface area contributed by atoms with Gasteiger partial charge >= 0.3 is 11.9 Å². The molecule has 0 aliphatic carbocycles. The van der Waals surface area contributed by atoms with E-state index in [2.05, 4.69) is 5.32 Å². The van der Waals surface area contributed by atoms with E-state index in [0.29, 0.717) is 22.7 Å². The van der Waals surface area contributed by atoms with Crippen LogP contribution in [0.15, 0.2) is 24.3 Å². The minimum absolute atomic E-state index is 0.313. The summed E-state index contributed by atoms with van der Waals surface area (Å²) in [4.78, 5) is 25.2. The van der Waals surface area contributed by atoms with Crippen LogP contribution in [-0.2, 0) is 9.47 Å². The van der Waals surface area contributed by atoms with Gasteiger partial charge in [0, 0.05) is 10.4 Å². The van der Waals surface area contributed by atoms with Crippen LogP contribution < -0.4 is 5.32 Å². The van der Waals surface area contributed by atoms with Crippen LogP contribution in [0.1, 0.15) is 49.9 Å². The third kappa shape index (κ3) is 2.70. The molecule has 1 aliphatic rings. The van der Waals surface area contributed by atoms with Gasteiger partial charge in [-0.1, -0.05) is 18.2 Å². The number of cyclic esters (lactones) is 1. The number of esters is 2. The van der Waals surface area contributed by atoms with Gasteiger partial charge in [-0.3, -0.25) is 0 Å². The largest absolute Gasteiger partial charge is 0.462 e. The van der Waals surface area contributed by atoms with E-state index in [1.807, 2.05) is 26.0 Å². The third-order valence-electron chi connectivity index (χ3n) is 3.82. The molecule has 0 radical (unpaired) electrons. The maximum absolute atomic E-state index is 12.2. The summed E-state index contributed by atoms with van der Waals surface area (Å²) in [5.74, 6) is -0.727. The maximum atomic E-state index is 12.2. The van der Waals surface area contributed by atoms with E-state index in [0.717, 1.165) is 16.0 Å². The molecule has 120 valence electrons. The summed E-state index contributed by atoms with van der Waals surface area (Å²) in [6.07, 6.45) is -0.593. The van der Waals surface area contributed by atoms with Crippen molar-refractivity contribution in [2.45, 2.75) is 27.0 Å². The number of carbonyl (C=O) groups is 2. The highest BCUT2D eigenvalue weighted by Crippen LogP contribution is 2.38. The van der Waals surface area contributed by atoms with Crippen molar-refractivity contribution in [2.75, 3.05) is 11.9 Å². The van der Waals surface area contributed by atoms with Crippen molar-refractivity contribution in [1.29, 1.82) is 0 Å². The first-order valence-corrected chi connectivity index (χ1v) is 8.18. The third-order valence-corrected chi connectivity index (χ3v) is 4.95. The number of thiophene rings is 1. The highest BCUT2D eigenvalue weighted by Gasteiger charge is 2.32. The molecule has 1 N–H and O–H groups in total. The summed E-state index contributed by atoms with van der Waals surface area (Å²) in [5.41, 5.74) is 2.71. The summed E-state index contributed by atoms with van der Waals surface area (Å²) >= 11 is 1.45. The maximum Gasteiger partial charge on any atom is 0.341 e. The summed E-state index contributed by atoms with van der Waals surface area (Å²) in [7, 11) is 0. The molecule has 0 fully saturated rings.